The maximum Gasteiger partial charge on any atom is 0.109 e. The van der Waals surface area contributed by atoms with Crippen molar-refractivity contribution in [3.63, 3.8) is 0 Å². The van der Waals surface area contributed by atoms with E-state index in [4.69, 9.17) is 0 Å². The molecule has 1 aromatic heterocycles. The Balaban J connectivity index is 2.06. The topological polar surface area (TPSA) is 24.9 Å². The van der Waals surface area contributed by atoms with Gasteiger partial charge in [0.15, 0.2) is 0 Å². The second-order valence-corrected chi connectivity index (χ2v) is 5.51. The van der Waals surface area contributed by atoms with Crippen molar-refractivity contribution in [1.82, 2.24) is 10.3 Å². The molecule has 2 aromatic rings. The van der Waals surface area contributed by atoms with Gasteiger partial charge in [-0.2, -0.15) is 0 Å². The van der Waals surface area contributed by atoms with Gasteiger partial charge in [0.25, 0.3) is 0 Å². The Kier molecular flexibility index (Phi) is 4.50. The van der Waals surface area contributed by atoms with Crippen molar-refractivity contribution in [2.45, 2.75) is 39.8 Å². The van der Waals surface area contributed by atoms with Crippen LogP contribution < -0.4 is 5.32 Å². The van der Waals surface area contributed by atoms with Crippen molar-refractivity contribution in [1.29, 1.82) is 0 Å². The summed E-state index contributed by atoms with van der Waals surface area (Å²) in [5.74, 6) is 0. The molecule has 0 aliphatic carbocycles. The summed E-state index contributed by atoms with van der Waals surface area (Å²) in [4.78, 5) is 4.40. The van der Waals surface area contributed by atoms with E-state index < -0.39 is 0 Å². The molecule has 1 unspecified atom stereocenters. The zero-order chi connectivity index (χ0) is 13.0. The van der Waals surface area contributed by atoms with Gasteiger partial charge < -0.3 is 5.32 Å². The minimum Gasteiger partial charge on any atom is -0.304 e. The summed E-state index contributed by atoms with van der Waals surface area (Å²) >= 11 is 1.73. The number of aryl methyl sites for hydroxylation is 2. The predicted molar refractivity (Wildman–Crippen MR) is 77.9 cm³/mol. The van der Waals surface area contributed by atoms with Crippen LogP contribution in [0.2, 0.25) is 0 Å². The summed E-state index contributed by atoms with van der Waals surface area (Å²) in [5, 5.41) is 6.84. The monoisotopic (exact) mass is 260 g/mol. The second-order valence-electron chi connectivity index (χ2n) is 4.58. The molecule has 0 aliphatic heterocycles. The Morgan fingerprint density at radius 1 is 1.28 bits per heavy atom. The molecule has 0 fully saturated rings. The van der Waals surface area contributed by atoms with Gasteiger partial charge in [0.2, 0.25) is 0 Å². The van der Waals surface area contributed by atoms with E-state index in [0.717, 1.165) is 13.0 Å². The fourth-order valence-electron chi connectivity index (χ4n) is 2.17. The molecule has 0 spiro atoms. The Labute approximate surface area is 113 Å². The molecule has 0 radical (unpaired) electrons. The zero-order valence-electron chi connectivity index (χ0n) is 11.2. The average Bonchev–Trinajstić information content (AvgIpc) is 2.87. The lowest BCUT2D eigenvalue weighted by Crippen LogP contribution is -2.21. The van der Waals surface area contributed by atoms with Crippen LogP contribution in [0.25, 0.3) is 0 Å². The highest BCUT2D eigenvalue weighted by atomic mass is 32.1. The Morgan fingerprint density at radius 3 is 2.56 bits per heavy atom. The quantitative estimate of drug-likeness (QED) is 0.879. The molecule has 1 N–H and O–H groups in total. The minimum absolute atomic E-state index is 0.365. The predicted octanol–water partition coefficient (Wildman–Crippen LogP) is 4.00. The SMILES string of the molecule is CCC(NCc1c(C)cccc1C)c1nccs1. The summed E-state index contributed by atoms with van der Waals surface area (Å²) in [6.45, 7) is 7.46. The molecule has 1 atom stereocenters. The summed E-state index contributed by atoms with van der Waals surface area (Å²) in [5.41, 5.74) is 4.13. The Hall–Kier alpha value is -1.19. The van der Waals surface area contributed by atoms with Crippen LogP contribution in [0.4, 0.5) is 0 Å². The van der Waals surface area contributed by atoms with Crippen LogP contribution in [0.3, 0.4) is 0 Å². The molecule has 18 heavy (non-hydrogen) atoms. The van der Waals surface area contributed by atoms with Gasteiger partial charge in [0.1, 0.15) is 5.01 Å². The molecular formula is C15H20N2S. The molecule has 0 aliphatic rings. The van der Waals surface area contributed by atoms with E-state index in [0.29, 0.717) is 6.04 Å². The van der Waals surface area contributed by atoms with Crippen LogP contribution in [0.1, 0.15) is 41.1 Å². The lowest BCUT2D eigenvalue weighted by molar-refractivity contribution is 0.515. The van der Waals surface area contributed by atoms with Crippen LogP contribution in [-0.2, 0) is 6.54 Å². The van der Waals surface area contributed by atoms with E-state index in [2.05, 4.69) is 49.3 Å². The molecule has 0 amide bonds. The van der Waals surface area contributed by atoms with Crippen molar-refractivity contribution in [3.05, 3.63) is 51.5 Å². The number of benzene rings is 1. The van der Waals surface area contributed by atoms with Gasteiger partial charge >= 0.3 is 0 Å². The van der Waals surface area contributed by atoms with E-state index in [1.165, 1.54) is 21.7 Å². The van der Waals surface area contributed by atoms with Gasteiger partial charge in [0, 0.05) is 18.1 Å². The van der Waals surface area contributed by atoms with Crippen molar-refractivity contribution < 1.29 is 0 Å². The van der Waals surface area contributed by atoms with E-state index in [1.807, 2.05) is 11.6 Å². The fraction of sp³-hybridized carbons (Fsp3) is 0.400. The molecule has 1 aromatic carbocycles. The van der Waals surface area contributed by atoms with Crippen LogP contribution in [0.5, 0.6) is 0 Å². The van der Waals surface area contributed by atoms with E-state index >= 15 is 0 Å². The van der Waals surface area contributed by atoms with Crippen LogP contribution in [0, 0.1) is 13.8 Å². The molecule has 0 saturated carbocycles. The van der Waals surface area contributed by atoms with Crippen LogP contribution in [0.15, 0.2) is 29.8 Å². The minimum atomic E-state index is 0.365. The van der Waals surface area contributed by atoms with Gasteiger partial charge in [-0.05, 0) is 37.0 Å². The number of hydrogen-bond donors (Lipinski definition) is 1. The molecule has 0 saturated heterocycles. The third kappa shape index (κ3) is 2.98. The summed E-state index contributed by atoms with van der Waals surface area (Å²) in [7, 11) is 0. The summed E-state index contributed by atoms with van der Waals surface area (Å²) in [6, 6.07) is 6.83. The smallest absolute Gasteiger partial charge is 0.109 e. The van der Waals surface area contributed by atoms with Crippen LogP contribution >= 0.6 is 11.3 Å². The number of nitrogens with one attached hydrogen (secondary N) is 1. The van der Waals surface area contributed by atoms with Gasteiger partial charge in [-0.1, -0.05) is 25.1 Å². The van der Waals surface area contributed by atoms with E-state index in [-0.39, 0.29) is 0 Å². The molecule has 0 bridgehead atoms. The van der Waals surface area contributed by atoms with E-state index in [9.17, 15) is 0 Å². The third-order valence-electron chi connectivity index (χ3n) is 3.33. The third-order valence-corrected chi connectivity index (χ3v) is 4.22. The Morgan fingerprint density at radius 2 is 2.00 bits per heavy atom. The largest absolute Gasteiger partial charge is 0.304 e. The number of aromatic nitrogens is 1. The second kappa shape index (κ2) is 6.12. The first-order valence-electron chi connectivity index (χ1n) is 6.40. The van der Waals surface area contributed by atoms with Gasteiger partial charge in [0.05, 0.1) is 6.04 Å². The summed E-state index contributed by atoms with van der Waals surface area (Å²) < 4.78 is 0. The number of nitrogens with zero attached hydrogens (tertiary/aromatic N) is 1. The van der Waals surface area contributed by atoms with E-state index in [1.54, 1.807) is 11.3 Å². The fourth-order valence-corrected chi connectivity index (χ4v) is 2.96. The van der Waals surface area contributed by atoms with Crippen molar-refractivity contribution >= 4 is 11.3 Å². The molecular weight excluding hydrogens is 240 g/mol. The lowest BCUT2D eigenvalue weighted by Gasteiger charge is -2.17. The van der Waals surface area contributed by atoms with Crippen molar-refractivity contribution in [3.8, 4) is 0 Å². The highest BCUT2D eigenvalue weighted by molar-refractivity contribution is 7.09. The molecule has 2 nitrogen and oxygen atoms in total. The lowest BCUT2D eigenvalue weighted by atomic mass is 10.0. The summed E-state index contributed by atoms with van der Waals surface area (Å²) in [6.07, 6.45) is 2.95. The first-order chi connectivity index (χ1) is 8.72. The van der Waals surface area contributed by atoms with Gasteiger partial charge in [-0.15, -0.1) is 11.3 Å². The number of thiazole rings is 1. The Bertz CT molecular complexity index is 471. The number of hydrogen-bond acceptors (Lipinski definition) is 3. The van der Waals surface area contributed by atoms with Crippen LogP contribution in [-0.4, -0.2) is 4.98 Å². The molecule has 3 heteroatoms. The van der Waals surface area contributed by atoms with Crippen molar-refractivity contribution in [2.24, 2.45) is 0 Å². The average molecular weight is 260 g/mol. The maximum absolute atomic E-state index is 4.40. The highest BCUT2D eigenvalue weighted by Crippen LogP contribution is 2.20. The zero-order valence-corrected chi connectivity index (χ0v) is 12.1. The highest BCUT2D eigenvalue weighted by Gasteiger charge is 2.12. The first kappa shape index (κ1) is 13.2. The molecule has 1 heterocycles. The maximum atomic E-state index is 4.40. The first-order valence-corrected chi connectivity index (χ1v) is 7.28. The standard InChI is InChI=1S/C15H20N2S/c1-4-14(15-16-8-9-18-15)17-10-13-11(2)6-5-7-12(13)3/h5-9,14,17H,4,10H2,1-3H3. The molecule has 96 valence electrons. The normalized spacial score (nSPS) is 12.6. The molecule has 2 rings (SSSR count). The van der Waals surface area contributed by atoms with Crippen molar-refractivity contribution in [2.75, 3.05) is 0 Å². The van der Waals surface area contributed by atoms with Gasteiger partial charge in [-0.25, -0.2) is 4.98 Å². The van der Waals surface area contributed by atoms with Gasteiger partial charge in [-0.3, -0.25) is 0 Å². The number of rotatable bonds is 5.